The van der Waals surface area contributed by atoms with Crippen molar-refractivity contribution < 1.29 is 9.21 Å². The van der Waals surface area contributed by atoms with Gasteiger partial charge >= 0.3 is 5.84 Å². The second kappa shape index (κ2) is 6.82. The summed E-state index contributed by atoms with van der Waals surface area (Å²) in [7, 11) is 0. The van der Waals surface area contributed by atoms with Gasteiger partial charge in [0, 0.05) is 16.0 Å². The van der Waals surface area contributed by atoms with E-state index in [0.717, 1.165) is 11.3 Å². The zero-order valence-electron chi connectivity index (χ0n) is 12.4. The standard InChI is InChI=1S/C14H9ClN6O2S2/c15-9-3-1-8(2-4-9)10-5-24-12(17-10)18-11(22)6-25-14-20-21-7-16-19-13(21)23-14/h1-5,7H,6H2,(H,17,18,22). The quantitative estimate of drug-likeness (QED) is 0.520. The molecule has 0 unspecified atom stereocenters. The van der Waals surface area contributed by atoms with Gasteiger partial charge < -0.3 is 9.73 Å². The van der Waals surface area contributed by atoms with Crippen LogP contribution >= 0.6 is 34.7 Å². The van der Waals surface area contributed by atoms with E-state index in [4.69, 9.17) is 16.0 Å². The number of nitrogens with one attached hydrogen (secondary N) is 1. The minimum absolute atomic E-state index is 0.146. The largest absolute Gasteiger partial charge is 0.396 e. The normalized spacial score (nSPS) is 11.1. The monoisotopic (exact) mass is 392 g/mol. The van der Waals surface area contributed by atoms with Gasteiger partial charge in [0.1, 0.15) is 6.33 Å². The Morgan fingerprint density at radius 3 is 3.00 bits per heavy atom. The number of halogens is 1. The Morgan fingerprint density at radius 2 is 2.20 bits per heavy atom. The topological polar surface area (TPSA) is 98.2 Å². The van der Waals surface area contributed by atoms with E-state index >= 15 is 0 Å². The van der Waals surface area contributed by atoms with Gasteiger partial charge in [-0.1, -0.05) is 40.6 Å². The Labute approximate surface area is 154 Å². The summed E-state index contributed by atoms with van der Waals surface area (Å²) in [6, 6.07) is 7.36. The van der Waals surface area contributed by atoms with Gasteiger partial charge in [-0.05, 0) is 12.1 Å². The molecule has 25 heavy (non-hydrogen) atoms. The third kappa shape index (κ3) is 3.65. The van der Waals surface area contributed by atoms with Crippen LogP contribution in [0.25, 0.3) is 17.1 Å². The number of benzene rings is 1. The highest BCUT2D eigenvalue weighted by molar-refractivity contribution is 7.99. The molecule has 8 nitrogen and oxygen atoms in total. The number of fused-ring (bicyclic) bond motifs is 1. The van der Waals surface area contributed by atoms with Crippen LogP contribution in [0.15, 0.2) is 45.6 Å². The maximum absolute atomic E-state index is 12.0. The fraction of sp³-hybridized carbons (Fsp3) is 0.0714. The van der Waals surface area contributed by atoms with Crippen LogP contribution in [0, 0.1) is 0 Å². The number of hydrogen-bond donors (Lipinski definition) is 1. The summed E-state index contributed by atoms with van der Waals surface area (Å²) < 4.78 is 6.72. The number of amides is 1. The van der Waals surface area contributed by atoms with Gasteiger partial charge in [-0.25, -0.2) is 4.98 Å². The molecular formula is C14H9ClN6O2S2. The van der Waals surface area contributed by atoms with Crippen molar-refractivity contribution in [2.75, 3.05) is 11.1 Å². The number of aromatic nitrogens is 5. The van der Waals surface area contributed by atoms with Gasteiger partial charge in [0.25, 0.3) is 5.22 Å². The number of thioether (sulfide) groups is 1. The predicted octanol–water partition coefficient (Wildman–Crippen LogP) is 3.23. The number of thiazole rings is 1. The Kier molecular flexibility index (Phi) is 4.38. The molecule has 0 saturated carbocycles. The van der Waals surface area contributed by atoms with Crippen LogP contribution in [0.1, 0.15) is 0 Å². The van der Waals surface area contributed by atoms with E-state index in [-0.39, 0.29) is 17.5 Å². The van der Waals surface area contributed by atoms with Crippen molar-refractivity contribution in [1.29, 1.82) is 0 Å². The van der Waals surface area contributed by atoms with Crippen LogP contribution < -0.4 is 5.32 Å². The lowest BCUT2D eigenvalue weighted by Gasteiger charge is -1.99. The van der Waals surface area contributed by atoms with E-state index in [1.807, 2.05) is 17.5 Å². The van der Waals surface area contributed by atoms with Gasteiger partial charge in [-0.2, -0.15) is 4.52 Å². The van der Waals surface area contributed by atoms with E-state index in [0.29, 0.717) is 15.4 Å². The van der Waals surface area contributed by atoms with Crippen LogP contribution in [0.5, 0.6) is 0 Å². The summed E-state index contributed by atoms with van der Waals surface area (Å²) in [5.74, 6) is 0.235. The van der Waals surface area contributed by atoms with Crippen LogP contribution in [-0.2, 0) is 4.79 Å². The molecular weight excluding hydrogens is 384 g/mol. The lowest BCUT2D eigenvalue weighted by molar-refractivity contribution is -0.113. The molecule has 1 amide bonds. The van der Waals surface area contributed by atoms with Crippen molar-refractivity contribution in [2.45, 2.75) is 5.22 Å². The summed E-state index contributed by atoms with van der Waals surface area (Å²) in [6.45, 7) is 0. The lowest BCUT2D eigenvalue weighted by atomic mass is 10.2. The van der Waals surface area contributed by atoms with E-state index in [9.17, 15) is 4.79 Å². The molecule has 1 aromatic carbocycles. The number of carbonyl (C=O) groups is 1. The van der Waals surface area contributed by atoms with Gasteiger partial charge in [0.15, 0.2) is 5.13 Å². The van der Waals surface area contributed by atoms with Crippen LogP contribution in [-0.4, -0.2) is 36.5 Å². The highest BCUT2D eigenvalue weighted by atomic mass is 35.5. The number of anilines is 1. The van der Waals surface area contributed by atoms with Crippen molar-refractivity contribution in [3.05, 3.63) is 41.0 Å². The molecule has 0 aliphatic carbocycles. The van der Waals surface area contributed by atoms with Crippen molar-refractivity contribution in [1.82, 2.24) is 24.8 Å². The first-order valence-corrected chi connectivity index (χ1v) is 9.23. The number of nitrogens with zero attached hydrogens (tertiary/aromatic N) is 5. The first-order chi connectivity index (χ1) is 12.2. The van der Waals surface area contributed by atoms with Crippen LogP contribution in [0.2, 0.25) is 5.02 Å². The Balaban J connectivity index is 1.36. The SMILES string of the molecule is O=C(CSc1nn2cnnc2o1)Nc1nc(-c2ccc(Cl)cc2)cs1. The molecule has 3 aromatic heterocycles. The molecule has 0 fully saturated rings. The van der Waals surface area contributed by atoms with Gasteiger partial charge in [0.05, 0.1) is 11.4 Å². The molecule has 0 spiro atoms. The van der Waals surface area contributed by atoms with Crippen molar-refractivity contribution in [3.8, 4) is 11.3 Å². The highest BCUT2D eigenvalue weighted by Crippen LogP contribution is 2.26. The minimum Gasteiger partial charge on any atom is -0.396 e. The molecule has 1 N–H and O–H groups in total. The van der Waals surface area contributed by atoms with Gasteiger partial charge in [-0.3, -0.25) is 4.79 Å². The maximum Gasteiger partial charge on any atom is 0.345 e. The summed E-state index contributed by atoms with van der Waals surface area (Å²) in [5.41, 5.74) is 1.72. The van der Waals surface area contributed by atoms with Crippen molar-refractivity contribution in [3.63, 3.8) is 0 Å². The van der Waals surface area contributed by atoms with E-state index in [1.165, 1.54) is 33.9 Å². The van der Waals surface area contributed by atoms with Gasteiger partial charge in [0.2, 0.25) is 5.91 Å². The molecule has 4 aromatic rings. The molecule has 11 heteroatoms. The third-order valence-corrected chi connectivity index (χ3v) is 4.91. The molecule has 126 valence electrons. The Bertz CT molecular complexity index is 997. The zero-order chi connectivity index (χ0) is 17.2. The maximum atomic E-state index is 12.0. The lowest BCUT2D eigenvalue weighted by Crippen LogP contribution is -2.13. The summed E-state index contributed by atoms with van der Waals surface area (Å²) in [4.78, 5) is 16.4. The molecule has 0 bridgehead atoms. The molecule has 0 aliphatic rings. The first-order valence-electron chi connectivity index (χ1n) is 6.98. The fourth-order valence-electron chi connectivity index (χ4n) is 1.97. The van der Waals surface area contributed by atoms with Crippen molar-refractivity contribution >= 4 is 51.6 Å². The molecule has 0 radical (unpaired) electrons. The second-order valence-corrected chi connectivity index (χ2v) is 7.03. The minimum atomic E-state index is -0.198. The predicted molar refractivity (Wildman–Crippen MR) is 95.0 cm³/mol. The van der Waals surface area contributed by atoms with E-state index in [1.54, 1.807) is 12.1 Å². The average Bonchev–Trinajstić information content (AvgIpc) is 3.29. The van der Waals surface area contributed by atoms with Crippen LogP contribution in [0.3, 0.4) is 0 Å². The first kappa shape index (κ1) is 16.1. The third-order valence-electron chi connectivity index (χ3n) is 3.09. The van der Waals surface area contributed by atoms with E-state index in [2.05, 4.69) is 25.6 Å². The average molecular weight is 393 g/mol. The number of carbonyl (C=O) groups excluding carboxylic acids is 1. The fourth-order valence-corrected chi connectivity index (χ4v) is 3.43. The molecule has 3 heterocycles. The molecule has 0 saturated heterocycles. The zero-order valence-corrected chi connectivity index (χ0v) is 14.8. The van der Waals surface area contributed by atoms with Crippen LogP contribution in [0.4, 0.5) is 5.13 Å². The number of hydrogen-bond acceptors (Lipinski definition) is 8. The smallest absolute Gasteiger partial charge is 0.345 e. The second-order valence-electron chi connectivity index (χ2n) is 4.81. The Hall–Kier alpha value is -2.43. The van der Waals surface area contributed by atoms with Gasteiger partial charge in [-0.15, -0.1) is 21.5 Å². The summed E-state index contributed by atoms with van der Waals surface area (Å²) in [5, 5.41) is 17.6. The number of rotatable bonds is 5. The highest BCUT2D eigenvalue weighted by Gasteiger charge is 2.12. The molecule has 0 aliphatic heterocycles. The Morgan fingerprint density at radius 1 is 1.36 bits per heavy atom. The summed E-state index contributed by atoms with van der Waals surface area (Å²) >= 11 is 8.40. The van der Waals surface area contributed by atoms with E-state index < -0.39 is 0 Å². The van der Waals surface area contributed by atoms with Crippen molar-refractivity contribution in [2.24, 2.45) is 0 Å². The summed E-state index contributed by atoms with van der Waals surface area (Å²) in [6.07, 6.45) is 1.43. The molecule has 4 rings (SSSR count). The molecule has 0 atom stereocenters.